The number of aliphatic carboxylic acids is 1. The van der Waals surface area contributed by atoms with Crippen LogP contribution in [-0.2, 0) is 4.79 Å². The number of carbonyl (C=O) groups excluding carboxylic acids is 1. The summed E-state index contributed by atoms with van der Waals surface area (Å²) in [6, 6.07) is 1.43. The topological polar surface area (TPSA) is 83.6 Å². The summed E-state index contributed by atoms with van der Waals surface area (Å²) in [5.74, 6) is -1.58. The molecule has 1 aliphatic heterocycles. The lowest BCUT2D eigenvalue weighted by molar-refractivity contribution is -0.149. The van der Waals surface area contributed by atoms with Gasteiger partial charge < -0.3 is 14.5 Å². The van der Waals surface area contributed by atoms with Crippen LogP contribution in [0.15, 0.2) is 10.6 Å². The Morgan fingerprint density at radius 1 is 1.65 bits per heavy atom. The van der Waals surface area contributed by atoms with Crippen molar-refractivity contribution in [2.24, 2.45) is 0 Å². The number of carboxylic acids is 1. The Morgan fingerprint density at radius 2 is 2.35 bits per heavy atom. The van der Waals surface area contributed by atoms with E-state index in [1.165, 1.54) is 6.07 Å². The van der Waals surface area contributed by atoms with Gasteiger partial charge >= 0.3 is 5.97 Å². The summed E-state index contributed by atoms with van der Waals surface area (Å²) >= 11 is 0. The molecule has 1 aromatic rings. The van der Waals surface area contributed by atoms with Crippen molar-refractivity contribution in [2.45, 2.75) is 19.0 Å². The van der Waals surface area contributed by atoms with Crippen molar-refractivity contribution in [1.29, 1.82) is 0 Å². The molecule has 1 N–H and O–H groups in total. The van der Waals surface area contributed by atoms with E-state index in [2.05, 4.69) is 5.16 Å². The van der Waals surface area contributed by atoms with Crippen molar-refractivity contribution >= 4 is 11.9 Å². The van der Waals surface area contributed by atoms with E-state index < -0.39 is 24.1 Å². The van der Waals surface area contributed by atoms with Gasteiger partial charge in [0, 0.05) is 19.0 Å². The fourth-order valence-corrected chi connectivity index (χ4v) is 1.75. The predicted octanol–water partition coefficient (Wildman–Crippen LogP) is 0.622. The number of carboxylic acid groups (broad SMARTS) is 1. The van der Waals surface area contributed by atoms with E-state index in [9.17, 15) is 14.0 Å². The standard InChI is InChI=1S/C10H11FN2O4/c1-6-4-7(12-17-6)8(14)13-3-2-10(11,5-13)9(15)16/h4H,2-3,5H2,1H3,(H,15,16). The highest BCUT2D eigenvalue weighted by atomic mass is 19.1. The van der Waals surface area contributed by atoms with Gasteiger partial charge in [0.1, 0.15) is 5.76 Å². The van der Waals surface area contributed by atoms with Gasteiger partial charge in [-0.1, -0.05) is 5.16 Å². The molecule has 1 unspecified atom stereocenters. The van der Waals surface area contributed by atoms with E-state index in [0.29, 0.717) is 5.76 Å². The van der Waals surface area contributed by atoms with Crippen LogP contribution < -0.4 is 0 Å². The first-order chi connectivity index (χ1) is 7.92. The maximum Gasteiger partial charge on any atom is 0.343 e. The lowest BCUT2D eigenvalue weighted by Crippen LogP contribution is -2.39. The van der Waals surface area contributed by atoms with Crippen LogP contribution in [0.2, 0.25) is 0 Å². The summed E-state index contributed by atoms with van der Waals surface area (Å²) < 4.78 is 18.5. The first-order valence-electron chi connectivity index (χ1n) is 5.07. The molecule has 0 bridgehead atoms. The minimum absolute atomic E-state index is 0.0630. The quantitative estimate of drug-likeness (QED) is 0.821. The summed E-state index contributed by atoms with van der Waals surface area (Å²) in [5.41, 5.74) is -2.29. The van der Waals surface area contributed by atoms with Crippen molar-refractivity contribution < 1.29 is 23.6 Å². The molecule has 6 nitrogen and oxygen atoms in total. The molecule has 1 amide bonds. The zero-order valence-electron chi connectivity index (χ0n) is 9.14. The SMILES string of the molecule is Cc1cc(C(=O)N2CCC(F)(C(=O)O)C2)no1. The number of halogens is 1. The first-order valence-corrected chi connectivity index (χ1v) is 5.07. The van der Waals surface area contributed by atoms with Crippen LogP contribution in [-0.4, -0.2) is 45.8 Å². The number of likely N-dealkylation sites (tertiary alicyclic amines) is 1. The van der Waals surface area contributed by atoms with Gasteiger partial charge in [-0.2, -0.15) is 0 Å². The molecule has 1 saturated heterocycles. The largest absolute Gasteiger partial charge is 0.479 e. The number of amides is 1. The number of aromatic nitrogens is 1. The van der Waals surface area contributed by atoms with E-state index >= 15 is 0 Å². The fourth-order valence-electron chi connectivity index (χ4n) is 1.75. The highest BCUT2D eigenvalue weighted by Gasteiger charge is 2.47. The van der Waals surface area contributed by atoms with Crippen LogP contribution in [0.5, 0.6) is 0 Å². The molecule has 0 aromatic carbocycles. The molecular weight excluding hydrogens is 231 g/mol. The minimum atomic E-state index is -2.35. The van der Waals surface area contributed by atoms with Gasteiger partial charge in [-0.05, 0) is 6.92 Å². The number of hydrogen-bond acceptors (Lipinski definition) is 4. The number of aryl methyl sites for hydroxylation is 1. The Morgan fingerprint density at radius 3 is 2.82 bits per heavy atom. The highest BCUT2D eigenvalue weighted by molar-refractivity contribution is 5.93. The molecule has 0 saturated carbocycles. The summed E-state index contributed by atoms with van der Waals surface area (Å²) in [6.45, 7) is 1.24. The highest BCUT2D eigenvalue weighted by Crippen LogP contribution is 2.26. The Balaban J connectivity index is 2.11. The molecule has 0 spiro atoms. The number of hydrogen-bond donors (Lipinski definition) is 1. The second kappa shape index (κ2) is 3.83. The third-order valence-corrected chi connectivity index (χ3v) is 2.74. The average molecular weight is 242 g/mol. The Labute approximate surface area is 96.0 Å². The van der Waals surface area contributed by atoms with Crippen LogP contribution >= 0.6 is 0 Å². The van der Waals surface area contributed by atoms with E-state index in [-0.39, 0.29) is 18.7 Å². The van der Waals surface area contributed by atoms with Crippen molar-refractivity contribution in [3.05, 3.63) is 17.5 Å². The van der Waals surface area contributed by atoms with Gasteiger partial charge in [-0.3, -0.25) is 4.79 Å². The summed E-state index contributed by atoms with van der Waals surface area (Å²) in [4.78, 5) is 23.6. The van der Waals surface area contributed by atoms with Crippen LogP contribution in [0, 0.1) is 6.92 Å². The maximum absolute atomic E-state index is 13.7. The summed E-state index contributed by atoms with van der Waals surface area (Å²) in [7, 11) is 0. The number of rotatable bonds is 2. The lowest BCUT2D eigenvalue weighted by atomic mass is 10.1. The molecule has 1 atom stereocenters. The zero-order chi connectivity index (χ0) is 12.6. The lowest BCUT2D eigenvalue weighted by Gasteiger charge is -2.16. The Hall–Kier alpha value is -1.92. The van der Waals surface area contributed by atoms with E-state index in [0.717, 1.165) is 4.90 Å². The summed E-state index contributed by atoms with van der Waals surface area (Å²) in [6.07, 6.45) is -0.203. The second-order valence-corrected chi connectivity index (χ2v) is 4.07. The van der Waals surface area contributed by atoms with E-state index in [1.54, 1.807) is 6.92 Å². The number of alkyl halides is 1. The maximum atomic E-state index is 13.7. The molecule has 0 aliphatic carbocycles. The molecule has 2 heterocycles. The normalized spacial score (nSPS) is 24.0. The zero-order valence-corrected chi connectivity index (χ0v) is 9.14. The smallest absolute Gasteiger partial charge is 0.343 e. The molecule has 1 aliphatic rings. The monoisotopic (exact) mass is 242 g/mol. The Bertz CT molecular complexity index is 473. The van der Waals surface area contributed by atoms with Gasteiger partial charge in [0.25, 0.3) is 5.91 Å². The van der Waals surface area contributed by atoms with Crippen molar-refractivity contribution in [3.63, 3.8) is 0 Å². The molecule has 17 heavy (non-hydrogen) atoms. The minimum Gasteiger partial charge on any atom is -0.479 e. The molecule has 1 aromatic heterocycles. The van der Waals surface area contributed by atoms with Crippen molar-refractivity contribution in [2.75, 3.05) is 13.1 Å². The summed E-state index contributed by atoms with van der Waals surface area (Å²) in [5, 5.41) is 12.2. The van der Waals surface area contributed by atoms with Gasteiger partial charge in [0.15, 0.2) is 5.69 Å². The van der Waals surface area contributed by atoms with Crippen LogP contribution in [0.1, 0.15) is 22.7 Å². The first kappa shape index (κ1) is 11.6. The Kier molecular flexibility index (Phi) is 2.60. The van der Waals surface area contributed by atoms with Gasteiger partial charge in [-0.15, -0.1) is 0 Å². The van der Waals surface area contributed by atoms with Crippen LogP contribution in [0.25, 0.3) is 0 Å². The molecule has 92 valence electrons. The van der Waals surface area contributed by atoms with Gasteiger partial charge in [-0.25, -0.2) is 9.18 Å². The number of nitrogens with zero attached hydrogens (tertiary/aromatic N) is 2. The average Bonchev–Trinajstić information content (AvgIpc) is 2.85. The van der Waals surface area contributed by atoms with Gasteiger partial charge in [0.2, 0.25) is 5.67 Å². The van der Waals surface area contributed by atoms with Crippen molar-refractivity contribution in [3.8, 4) is 0 Å². The van der Waals surface area contributed by atoms with Crippen LogP contribution in [0.3, 0.4) is 0 Å². The second-order valence-electron chi connectivity index (χ2n) is 4.07. The van der Waals surface area contributed by atoms with E-state index in [4.69, 9.17) is 9.63 Å². The molecular formula is C10H11FN2O4. The molecule has 2 rings (SSSR count). The molecule has 7 heteroatoms. The molecule has 1 fully saturated rings. The predicted molar refractivity (Wildman–Crippen MR) is 53.2 cm³/mol. The molecule has 0 radical (unpaired) electrons. The van der Waals surface area contributed by atoms with Gasteiger partial charge in [0.05, 0.1) is 6.54 Å². The fraction of sp³-hybridized carbons (Fsp3) is 0.500. The third kappa shape index (κ3) is 2.00. The van der Waals surface area contributed by atoms with Crippen molar-refractivity contribution in [1.82, 2.24) is 10.1 Å². The van der Waals surface area contributed by atoms with E-state index in [1.807, 2.05) is 0 Å². The van der Waals surface area contributed by atoms with Crippen LogP contribution in [0.4, 0.5) is 4.39 Å². The third-order valence-electron chi connectivity index (χ3n) is 2.74. The number of carbonyl (C=O) groups is 2.